The van der Waals surface area contributed by atoms with Gasteiger partial charge in [-0.2, -0.15) is 0 Å². The Balaban J connectivity index is 3.02. The highest BCUT2D eigenvalue weighted by atomic mass is 35.5. The summed E-state index contributed by atoms with van der Waals surface area (Å²) in [5.41, 5.74) is 0. The van der Waals surface area contributed by atoms with Crippen molar-refractivity contribution in [1.29, 1.82) is 0 Å². The van der Waals surface area contributed by atoms with Gasteiger partial charge in [0, 0.05) is 26.1 Å². The average Bonchev–Trinajstić information content (AvgIpc) is 2.01. The second-order valence-electron chi connectivity index (χ2n) is 2.69. The van der Waals surface area contributed by atoms with Gasteiger partial charge >= 0.3 is 0 Å². The molecular formula is C8H18ClNO. The van der Waals surface area contributed by atoms with Crippen LogP contribution in [-0.4, -0.2) is 44.6 Å². The van der Waals surface area contributed by atoms with E-state index in [4.69, 9.17) is 16.3 Å². The Bertz CT molecular complexity index is 80.5. The summed E-state index contributed by atoms with van der Waals surface area (Å²) in [5.74, 6) is 0.759. The summed E-state index contributed by atoms with van der Waals surface area (Å²) in [6.07, 6.45) is 2.18. The fourth-order valence-corrected chi connectivity index (χ4v) is 1.04. The minimum atomic E-state index is 0.759. The first kappa shape index (κ1) is 11.2. The van der Waals surface area contributed by atoms with Crippen molar-refractivity contribution in [3.63, 3.8) is 0 Å². The highest BCUT2D eigenvalue weighted by molar-refractivity contribution is 6.17. The second-order valence-corrected chi connectivity index (χ2v) is 3.07. The lowest BCUT2D eigenvalue weighted by molar-refractivity contribution is 0.179. The molecule has 11 heavy (non-hydrogen) atoms. The topological polar surface area (TPSA) is 12.5 Å². The Hall–Kier alpha value is 0.210. The van der Waals surface area contributed by atoms with E-state index in [1.165, 1.54) is 0 Å². The van der Waals surface area contributed by atoms with Crippen molar-refractivity contribution in [2.45, 2.75) is 12.8 Å². The van der Waals surface area contributed by atoms with E-state index in [9.17, 15) is 0 Å². The summed E-state index contributed by atoms with van der Waals surface area (Å²) in [5, 5.41) is 0. The van der Waals surface area contributed by atoms with E-state index in [1.807, 2.05) is 0 Å². The molecule has 0 atom stereocenters. The van der Waals surface area contributed by atoms with Crippen LogP contribution in [0.3, 0.4) is 0 Å². The van der Waals surface area contributed by atoms with E-state index in [2.05, 4.69) is 11.9 Å². The molecule has 0 amide bonds. The molecule has 0 unspecified atom stereocenters. The van der Waals surface area contributed by atoms with Gasteiger partial charge < -0.3 is 9.64 Å². The average molecular weight is 180 g/mol. The van der Waals surface area contributed by atoms with Gasteiger partial charge in [0.25, 0.3) is 0 Å². The molecule has 0 bridgehead atoms. The number of ether oxygens (including phenoxy) is 1. The molecule has 2 nitrogen and oxygen atoms in total. The zero-order valence-electron chi connectivity index (χ0n) is 7.48. The molecule has 0 aromatic carbocycles. The summed E-state index contributed by atoms with van der Waals surface area (Å²) >= 11 is 5.56. The van der Waals surface area contributed by atoms with E-state index in [1.54, 1.807) is 7.11 Å². The maximum absolute atomic E-state index is 5.56. The van der Waals surface area contributed by atoms with Crippen LogP contribution in [0.1, 0.15) is 12.8 Å². The van der Waals surface area contributed by atoms with Crippen molar-refractivity contribution >= 4 is 11.6 Å². The van der Waals surface area contributed by atoms with Crippen molar-refractivity contribution in [1.82, 2.24) is 4.90 Å². The summed E-state index contributed by atoms with van der Waals surface area (Å²) in [6.45, 7) is 3.04. The fraction of sp³-hybridized carbons (Fsp3) is 1.00. The van der Waals surface area contributed by atoms with E-state index < -0.39 is 0 Å². The third kappa shape index (κ3) is 8.11. The van der Waals surface area contributed by atoms with Crippen LogP contribution in [0.5, 0.6) is 0 Å². The third-order valence-corrected chi connectivity index (χ3v) is 1.83. The van der Waals surface area contributed by atoms with Gasteiger partial charge in [0.2, 0.25) is 0 Å². The highest BCUT2D eigenvalue weighted by Gasteiger charge is 1.95. The Kier molecular flexibility index (Phi) is 8.47. The monoisotopic (exact) mass is 179 g/mol. The molecule has 0 aliphatic rings. The molecule has 0 aromatic rings. The number of methoxy groups -OCH3 is 1. The maximum Gasteiger partial charge on any atom is 0.0474 e. The van der Waals surface area contributed by atoms with E-state index in [0.29, 0.717) is 0 Å². The number of rotatable bonds is 7. The quantitative estimate of drug-likeness (QED) is 0.435. The van der Waals surface area contributed by atoms with Crippen molar-refractivity contribution in [3.8, 4) is 0 Å². The second kappa shape index (κ2) is 8.31. The van der Waals surface area contributed by atoms with Crippen LogP contribution in [0.15, 0.2) is 0 Å². The van der Waals surface area contributed by atoms with Crippen LogP contribution in [0, 0.1) is 0 Å². The molecule has 3 heteroatoms. The van der Waals surface area contributed by atoms with Gasteiger partial charge in [0.05, 0.1) is 0 Å². The van der Waals surface area contributed by atoms with E-state index in [0.717, 1.165) is 38.4 Å². The number of hydrogen-bond acceptors (Lipinski definition) is 2. The van der Waals surface area contributed by atoms with E-state index in [-0.39, 0.29) is 0 Å². The first-order valence-corrected chi connectivity index (χ1v) is 4.58. The molecule has 0 N–H and O–H groups in total. The largest absolute Gasteiger partial charge is 0.385 e. The molecular weight excluding hydrogens is 162 g/mol. The highest BCUT2D eigenvalue weighted by Crippen LogP contribution is 1.92. The number of nitrogens with zero attached hydrogens (tertiary/aromatic N) is 1. The molecule has 0 radical (unpaired) electrons. The molecule has 0 rings (SSSR count). The fourth-order valence-electron chi connectivity index (χ4n) is 0.920. The summed E-state index contributed by atoms with van der Waals surface area (Å²) in [7, 11) is 3.85. The van der Waals surface area contributed by atoms with Crippen molar-refractivity contribution in [2.75, 3.05) is 39.7 Å². The molecule has 0 saturated heterocycles. The molecule has 68 valence electrons. The summed E-state index contributed by atoms with van der Waals surface area (Å²) in [6, 6.07) is 0. The van der Waals surface area contributed by atoms with Gasteiger partial charge in [-0.1, -0.05) is 0 Å². The lowest BCUT2D eigenvalue weighted by Gasteiger charge is -2.14. The van der Waals surface area contributed by atoms with Gasteiger partial charge in [0.1, 0.15) is 0 Å². The van der Waals surface area contributed by atoms with Gasteiger partial charge in [0.15, 0.2) is 0 Å². The number of halogens is 1. The lowest BCUT2D eigenvalue weighted by atomic mass is 10.4. The maximum atomic E-state index is 5.56. The lowest BCUT2D eigenvalue weighted by Crippen LogP contribution is -2.22. The Morgan fingerprint density at radius 3 is 2.45 bits per heavy atom. The molecule has 0 aliphatic carbocycles. The molecule has 0 saturated carbocycles. The first-order chi connectivity index (χ1) is 5.31. The van der Waals surface area contributed by atoms with Crippen LogP contribution in [-0.2, 0) is 4.74 Å². The van der Waals surface area contributed by atoms with Crippen molar-refractivity contribution in [2.24, 2.45) is 0 Å². The molecule has 0 spiro atoms. The smallest absolute Gasteiger partial charge is 0.0474 e. The normalized spacial score (nSPS) is 10.9. The van der Waals surface area contributed by atoms with Gasteiger partial charge in [-0.25, -0.2) is 0 Å². The zero-order chi connectivity index (χ0) is 8.53. The van der Waals surface area contributed by atoms with Crippen LogP contribution in [0.25, 0.3) is 0 Å². The standard InChI is InChI=1S/C8H18ClNO/c1-10(6-3-5-9)7-4-8-11-2/h3-8H2,1-2H3. The van der Waals surface area contributed by atoms with Crippen LogP contribution in [0.4, 0.5) is 0 Å². The minimum Gasteiger partial charge on any atom is -0.385 e. The Labute approximate surface area is 74.5 Å². The van der Waals surface area contributed by atoms with Crippen LogP contribution >= 0.6 is 11.6 Å². The number of alkyl halides is 1. The first-order valence-electron chi connectivity index (χ1n) is 4.04. The third-order valence-electron chi connectivity index (χ3n) is 1.56. The Morgan fingerprint density at radius 2 is 1.91 bits per heavy atom. The van der Waals surface area contributed by atoms with Crippen LogP contribution < -0.4 is 0 Å². The van der Waals surface area contributed by atoms with Crippen molar-refractivity contribution < 1.29 is 4.74 Å². The molecule has 0 aromatic heterocycles. The van der Waals surface area contributed by atoms with Crippen molar-refractivity contribution in [3.05, 3.63) is 0 Å². The Morgan fingerprint density at radius 1 is 1.27 bits per heavy atom. The number of hydrogen-bond donors (Lipinski definition) is 0. The van der Waals surface area contributed by atoms with Gasteiger partial charge in [-0.3, -0.25) is 0 Å². The van der Waals surface area contributed by atoms with Gasteiger partial charge in [-0.15, -0.1) is 11.6 Å². The summed E-state index contributed by atoms with van der Waals surface area (Å²) < 4.78 is 4.94. The molecule has 0 aliphatic heterocycles. The van der Waals surface area contributed by atoms with Crippen LogP contribution in [0.2, 0.25) is 0 Å². The predicted molar refractivity (Wildman–Crippen MR) is 49.3 cm³/mol. The van der Waals surface area contributed by atoms with Gasteiger partial charge in [-0.05, 0) is 26.4 Å². The molecule has 0 fully saturated rings. The van der Waals surface area contributed by atoms with E-state index >= 15 is 0 Å². The zero-order valence-corrected chi connectivity index (χ0v) is 8.23. The summed E-state index contributed by atoms with van der Waals surface area (Å²) in [4.78, 5) is 2.28. The SMILES string of the molecule is COCCCN(C)CCCCl. The molecule has 0 heterocycles. The predicted octanol–water partition coefficient (Wildman–Crippen LogP) is 1.58. The minimum absolute atomic E-state index is 0.759.